The summed E-state index contributed by atoms with van der Waals surface area (Å²) in [4.78, 5) is 8.19. The van der Waals surface area contributed by atoms with Crippen LogP contribution >= 0.6 is 15.9 Å². The summed E-state index contributed by atoms with van der Waals surface area (Å²) in [5.74, 6) is 0. The third-order valence-corrected chi connectivity index (χ3v) is 1.98. The van der Waals surface area contributed by atoms with Crippen molar-refractivity contribution in [3.63, 3.8) is 0 Å². The molecule has 0 N–H and O–H groups in total. The van der Waals surface area contributed by atoms with Crippen LogP contribution in [0.2, 0.25) is 0 Å². The van der Waals surface area contributed by atoms with Crippen LogP contribution in [-0.2, 0) is 7.05 Å². The molecule has 0 fully saturated rings. The van der Waals surface area contributed by atoms with Gasteiger partial charge in [-0.05, 0) is 6.92 Å². The molecule has 0 saturated carbocycles. The number of rotatable bonds is 1. The Balaban J connectivity index is -0.0000000421. The Morgan fingerprint density at radius 3 is 1.68 bits per heavy atom. The quantitative estimate of drug-likeness (QED) is 0.617. The Kier molecular flexibility index (Phi) is 43.5. The molecular weight excluding hydrogens is 408 g/mol. The number of nitrogens with zero attached hydrogens (tertiary/aromatic N) is 4. The fraction of sp³-hybridized carbons (Fsp3) is 0.688. The van der Waals surface area contributed by atoms with Gasteiger partial charge in [0.2, 0.25) is 0 Å². The van der Waals surface area contributed by atoms with Gasteiger partial charge in [-0.15, -0.1) is 0 Å². The van der Waals surface area contributed by atoms with E-state index in [4.69, 9.17) is 0 Å². The topological polar surface area (TPSA) is 24.3 Å². The maximum atomic E-state index is 3.78. The monoisotopic (exact) mass is 445 g/mol. The molecule has 2 heterocycles. The SMILES string of the molecule is C.C.C.C.CCBr.CCN1C=CN(C)C1.Cn1ccnc1.[Br-]. The van der Waals surface area contributed by atoms with Crippen LogP contribution in [0.3, 0.4) is 0 Å². The van der Waals surface area contributed by atoms with Crippen molar-refractivity contribution in [1.82, 2.24) is 19.4 Å². The molecule has 0 aliphatic carbocycles. The summed E-state index contributed by atoms with van der Waals surface area (Å²) in [6.45, 7) is 6.36. The summed E-state index contributed by atoms with van der Waals surface area (Å²) < 4.78 is 1.89. The third-order valence-electron chi connectivity index (χ3n) is 1.98. The van der Waals surface area contributed by atoms with Crippen LogP contribution in [-0.4, -0.2) is 44.9 Å². The number of imidazole rings is 1. The standard InChI is InChI=1S/C6H12N2.C4H6N2.C2H5Br.4CH4.BrH/c1-3-8-5-4-7(2)6-8;1-6-3-2-5-4-6;1-2-3;;;;;/h4-5H,3,6H2,1-2H3;2-4H,1H3;2H2,1H3;4*1H4;1H/p-1. The maximum absolute atomic E-state index is 3.78. The van der Waals surface area contributed by atoms with Gasteiger partial charge in [-0.3, -0.25) is 0 Å². The van der Waals surface area contributed by atoms with Crippen LogP contribution in [0.5, 0.6) is 0 Å². The van der Waals surface area contributed by atoms with E-state index < -0.39 is 0 Å². The van der Waals surface area contributed by atoms with Gasteiger partial charge < -0.3 is 31.3 Å². The van der Waals surface area contributed by atoms with Crippen LogP contribution in [0.4, 0.5) is 0 Å². The minimum absolute atomic E-state index is 0. The van der Waals surface area contributed by atoms with E-state index in [2.05, 4.69) is 57.1 Å². The van der Waals surface area contributed by atoms with Gasteiger partial charge in [0.15, 0.2) is 0 Å². The van der Waals surface area contributed by atoms with Crippen molar-refractivity contribution >= 4 is 15.9 Å². The molecule has 22 heavy (non-hydrogen) atoms. The van der Waals surface area contributed by atoms with Crippen molar-refractivity contribution in [2.45, 2.75) is 43.6 Å². The minimum Gasteiger partial charge on any atom is -1.00 e. The summed E-state index contributed by atoms with van der Waals surface area (Å²) in [7, 11) is 4.01. The van der Waals surface area contributed by atoms with E-state index in [1.807, 2.05) is 24.7 Å². The number of halogens is 2. The molecule has 1 aliphatic rings. The summed E-state index contributed by atoms with van der Waals surface area (Å²) in [6.07, 6.45) is 9.59. The number of alkyl halides is 1. The number of aryl methyl sites for hydroxylation is 1. The van der Waals surface area contributed by atoms with Crippen molar-refractivity contribution < 1.29 is 17.0 Å². The number of aromatic nitrogens is 2. The lowest BCUT2D eigenvalue weighted by atomic mass is 10.6. The second-order valence-corrected chi connectivity index (χ2v) is 4.72. The Morgan fingerprint density at radius 2 is 1.55 bits per heavy atom. The maximum Gasteiger partial charge on any atom is 0.0943 e. The van der Waals surface area contributed by atoms with Crippen molar-refractivity contribution in [1.29, 1.82) is 0 Å². The normalized spacial score (nSPS) is 9.86. The van der Waals surface area contributed by atoms with Crippen LogP contribution in [0.15, 0.2) is 31.1 Å². The van der Waals surface area contributed by atoms with Gasteiger partial charge in [-0.1, -0.05) is 52.6 Å². The van der Waals surface area contributed by atoms with Crippen molar-refractivity contribution in [2.75, 3.05) is 25.6 Å². The molecule has 0 amide bonds. The molecule has 2 rings (SSSR count). The number of hydrogen-bond donors (Lipinski definition) is 0. The van der Waals surface area contributed by atoms with Crippen molar-refractivity contribution in [3.8, 4) is 0 Å². The average molecular weight is 447 g/mol. The average Bonchev–Trinajstić information content (AvgIpc) is 2.91. The number of hydrogen-bond acceptors (Lipinski definition) is 3. The summed E-state index contributed by atoms with van der Waals surface area (Å²) >= 11 is 3.15. The molecule has 0 bridgehead atoms. The van der Waals surface area contributed by atoms with Gasteiger partial charge >= 0.3 is 0 Å². The first-order valence-corrected chi connectivity index (χ1v) is 6.86. The molecule has 0 atom stereocenters. The molecule has 1 aromatic rings. The predicted molar refractivity (Wildman–Crippen MR) is 104 cm³/mol. The Hall–Kier alpha value is -0.490. The molecule has 0 aromatic carbocycles. The van der Waals surface area contributed by atoms with Gasteiger partial charge in [0.05, 0.1) is 13.0 Å². The zero-order chi connectivity index (χ0) is 13.1. The second kappa shape index (κ2) is 25.5. The van der Waals surface area contributed by atoms with Gasteiger partial charge in [-0.2, -0.15) is 0 Å². The van der Waals surface area contributed by atoms with E-state index in [0.717, 1.165) is 18.5 Å². The summed E-state index contributed by atoms with van der Waals surface area (Å²) in [6, 6.07) is 0. The van der Waals surface area contributed by atoms with Gasteiger partial charge in [0.25, 0.3) is 0 Å². The summed E-state index contributed by atoms with van der Waals surface area (Å²) in [5, 5.41) is 1.06. The fourth-order valence-electron chi connectivity index (χ4n) is 1.12. The molecule has 0 spiro atoms. The van der Waals surface area contributed by atoms with E-state index in [9.17, 15) is 0 Å². The molecule has 0 radical (unpaired) electrons. The van der Waals surface area contributed by atoms with Crippen molar-refractivity contribution in [2.24, 2.45) is 7.05 Å². The highest BCUT2D eigenvalue weighted by Crippen LogP contribution is 2.00. The van der Waals surface area contributed by atoms with E-state index in [-0.39, 0.29) is 46.7 Å². The first kappa shape index (κ1) is 37.6. The van der Waals surface area contributed by atoms with Gasteiger partial charge in [-0.25, -0.2) is 4.98 Å². The first-order chi connectivity index (χ1) is 8.13. The smallest absolute Gasteiger partial charge is 0.0943 e. The highest BCUT2D eigenvalue weighted by molar-refractivity contribution is 9.09. The summed E-state index contributed by atoms with van der Waals surface area (Å²) in [5.41, 5.74) is 0. The highest BCUT2D eigenvalue weighted by Gasteiger charge is 2.03. The molecule has 1 aromatic heterocycles. The van der Waals surface area contributed by atoms with Gasteiger partial charge in [0, 0.05) is 50.8 Å². The minimum atomic E-state index is 0. The largest absolute Gasteiger partial charge is 1.00 e. The third kappa shape index (κ3) is 21.8. The zero-order valence-electron chi connectivity index (χ0n) is 11.6. The Morgan fingerprint density at radius 1 is 1.05 bits per heavy atom. The first-order valence-electron chi connectivity index (χ1n) is 5.74. The van der Waals surface area contributed by atoms with Crippen molar-refractivity contribution in [3.05, 3.63) is 31.1 Å². The molecule has 4 nitrogen and oxygen atoms in total. The molecule has 0 unspecified atom stereocenters. The van der Waals surface area contributed by atoms with Crippen LogP contribution in [0.1, 0.15) is 43.6 Å². The van der Waals surface area contributed by atoms with E-state index in [0.29, 0.717) is 0 Å². The van der Waals surface area contributed by atoms with E-state index >= 15 is 0 Å². The zero-order valence-corrected chi connectivity index (χ0v) is 14.7. The lowest BCUT2D eigenvalue weighted by molar-refractivity contribution is -0.00000538. The second-order valence-electron chi connectivity index (χ2n) is 3.60. The van der Waals surface area contributed by atoms with Crippen LogP contribution < -0.4 is 17.0 Å². The van der Waals surface area contributed by atoms with Gasteiger partial charge in [0.1, 0.15) is 0 Å². The molecule has 0 saturated heterocycles. The fourth-order valence-corrected chi connectivity index (χ4v) is 1.12. The Labute approximate surface area is 159 Å². The molecular formula is C16H39Br2N4-. The van der Waals surface area contributed by atoms with E-state index in [1.165, 1.54) is 0 Å². The molecule has 6 heteroatoms. The lowest BCUT2D eigenvalue weighted by Crippen LogP contribution is -3.00. The lowest BCUT2D eigenvalue weighted by Gasteiger charge is -2.14. The predicted octanol–water partition coefficient (Wildman–Crippen LogP) is 2.05. The molecule has 1 aliphatic heterocycles. The highest BCUT2D eigenvalue weighted by atomic mass is 79.9. The van der Waals surface area contributed by atoms with Crippen LogP contribution in [0.25, 0.3) is 0 Å². The van der Waals surface area contributed by atoms with E-state index in [1.54, 1.807) is 12.5 Å². The Bertz CT molecular complexity index is 290. The van der Waals surface area contributed by atoms with Crippen LogP contribution in [0, 0.1) is 0 Å². The molecule has 138 valence electrons.